The topological polar surface area (TPSA) is 102 Å². The van der Waals surface area contributed by atoms with Crippen molar-refractivity contribution >= 4 is 28.3 Å². The number of halogens is 3. The molecule has 0 spiro atoms. The van der Waals surface area contributed by atoms with Gasteiger partial charge in [0.2, 0.25) is 5.91 Å². The summed E-state index contributed by atoms with van der Waals surface area (Å²) in [5.74, 6) is -0.310. The van der Waals surface area contributed by atoms with E-state index >= 15 is 0 Å². The minimum atomic E-state index is -4.69. The van der Waals surface area contributed by atoms with Crippen LogP contribution in [0.1, 0.15) is 5.56 Å². The second kappa shape index (κ2) is 8.52. The largest absolute Gasteiger partial charge is 0.416 e. The van der Waals surface area contributed by atoms with Gasteiger partial charge in [-0.25, -0.2) is 4.98 Å². The molecule has 1 aliphatic heterocycles. The van der Waals surface area contributed by atoms with Gasteiger partial charge in [-0.2, -0.15) is 13.2 Å². The molecule has 9 nitrogen and oxygen atoms in total. The molecule has 172 valence electrons. The Kier molecular flexibility index (Phi) is 5.75. The van der Waals surface area contributed by atoms with Gasteiger partial charge in [0.25, 0.3) is 11.2 Å². The number of nitro groups is 1. The number of anilines is 1. The molecule has 3 aromatic rings. The van der Waals surface area contributed by atoms with E-state index in [1.807, 2.05) is 0 Å². The van der Waals surface area contributed by atoms with E-state index in [-0.39, 0.29) is 44.3 Å². The molecule has 0 bridgehead atoms. The number of hydrogen-bond acceptors (Lipinski definition) is 6. The average molecular weight is 461 g/mol. The van der Waals surface area contributed by atoms with Gasteiger partial charge in [0.05, 0.1) is 27.7 Å². The van der Waals surface area contributed by atoms with Crippen molar-refractivity contribution in [1.82, 2.24) is 14.5 Å². The maximum atomic E-state index is 12.9. The molecule has 1 fully saturated rings. The Morgan fingerprint density at radius 2 is 1.79 bits per heavy atom. The van der Waals surface area contributed by atoms with Crippen molar-refractivity contribution < 1.29 is 22.9 Å². The van der Waals surface area contributed by atoms with Crippen LogP contribution in [-0.4, -0.2) is 51.5 Å². The molecular formula is C21H18F3N5O4. The number of nitrogens with zero attached hydrogens (tertiary/aromatic N) is 5. The molecule has 2 heterocycles. The summed E-state index contributed by atoms with van der Waals surface area (Å²) in [6, 6.07) is 9.34. The first-order chi connectivity index (χ1) is 15.6. The Hall–Kier alpha value is -3.96. The minimum absolute atomic E-state index is 0.0662. The number of piperazine rings is 1. The van der Waals surface area contributed by atoms with Crippen molar-refractivity contribution in [2.45, 2.75) is 12.7 Å². The molecule has 1 amide bonds. The summed E-state index contributed by atoms with van der Waals surface area (Å²) >= 11 is 0. The maximum absolute atomic E-state index is 12.9. The van der Waals surface area contributed by atoms with Crippen LogP contribution in [0.15, 0.2) is 53.5 Å². The summed E-state index contributed by atoms with van der Waals surface area (Å²) in [5.41, 5.74) is -0.986. The zero-order valence-corrected chi connectivity index (χ0v) is 17.2. The third-order valence-electron chi connectivity index (χ3n) is 5.52. The zero-order chi connectivity index (χ0) is 23.8. The predicted octanol–water partition coefficient (Wildman–Crippen LogP) is 2.67. The number of benzene rings is 2. The summed E-state index contributed by atoms with van der Waals surface area (Å²) in [5, 5.41) is 11.4. The second-order valence-corrected chi connectivity index (χ2v) is 7.50. The molecule has 1 aromatic heterocycles. The molecule has 0 saturated carbocycles. The first kappa shape index (κ1) is 22.2. The fraction of sp³-hybridized carbons (Fsp3) is 0.286. The number of para-hydroxylation sites is 2. The zero-order valence-electron chi connectivity index (χ0n) is 17.2. The highest BCUT2D eigenvalue weighted by Crippen LogP contribution is 2.36. The average Bonchev–Trinajstić information content (AvgIpc) is 2.80. The van der Waals surface area contributed by atoms with Gasteiger partial charge in [0.15, 0.2) is 0 Å². The minimum Gasteiger partial charge on any atom is -0.362 e. The summed E-state index contributed by atoms with van der Waals surface area (Å²) in [4.78, 5) is 42.8. The normalized spacial score (nSPS) is 14.5. The van der Waals surface area contributed by atoms with Crippen molar-refractivity contribution in [2.75, 3.05) is 31.1 Å². The fourth-order valence-electron chi connectivity index (χ4n) is 3.82. The first-order valence-corrected chi connectivity index (χ1v) is 9.98. The lowest BCUT2D eigenvalue weighted by Gasteiger charge is -2.36. The Morgan fingerprint density at radius 1 is 1.09 bits per heavy atom. The Morgan fingerprint density at radius 3 is 2.45 bits per heavy atom. The molecule has 0 unspecified atom stereocenters. The summed E-state index contributed by atoms with van der Waals surface area (Å²) in [6.45, 7) is 0.611. The summed E-state index contributed by atoms with van der Waals surface area (Å²) < 4.78 is 40.2. The van der Waals surface area contributed by atoms with Gasteiger partial charge in [-0.05, 0) is 24.3 Å². The lowest BCUT2D eigenvalue weighted by molar-refractivity contribution is -0.384. The van der Waals surface area contributed by atoms with Crippen LogP contribution in [0.2, 0.25) is 0 Å². The number of rotatable bonds is 4. The van der Waals surface area contributed by atoms with E-state index in [0.717, 1.165) is 18.3 Å². The number of aromatic nitrogens is 2. The quantitative estimate of drug-likeness (QED) is 0.437. The van der Waals surface area contributed by atoms with Crippen LogP contribution in [0.3, 0.4) is 0 Å². The van der Waals surface area contributed by atoms with E-state index in [1.54, 1.807) is 29.2 Å². The van der Waals surface area contributed by atoms with Gasteiger partial charge in [0.1, 0.15) is 12.2 Å². The molecule has 12 heteroatoms. The number of carbonyl (C=O) groups is 1. The van der Waals surface area contributed by atoms with Gasteiger partial charge in [0, 0.05) is 32.2 Å². The van der Waals surface area contributed by atoms with Gasteiger partial charge in [-0.15, -0.1) is 0 Å². The molecule has 33 heavy (non-hydrogen) atoms. The van der Waals surface area contributed by atoms with Crippen LogP contribution >= 0.6 is 0 Å². The van der Waals surface area contributed by atoms with Crippen LogP contribution < -0.4 is 10.5 Å². The van der Waals surface area contributed by atoms with Crippen LogP contribution in [0.25, 0.3) is 11.0 Å². The first-order valence-electron chi connectivity index (χ1n) is 9.98. The molecule has 0 N–H and O–H groups in total. The van der Waals surface area contributed by atoms with E-state index in [1.165, 1.54) is 9.47 Å². The number of amides is 1. The Labute approximate surface area is 184 Å². The third kappa shape index (κ3) is 4.49. The highest BCUT2D eigenvalue weighted by molar-refractivity contribution is 5.80. The van der Waals surface area contributed by atoms with Gasteiger partial charge in [-0.3, -0.25) is 24.3 Å². The molecule has 2 aromatic carbocycles. The SMILES string of the molecule is O=C(Cn1c(=O)cnc2ccccc21)N1CCN(c2ccc(C(F)(F)F)cc2[N+](=O)[O-])CC1. The second-order valence-electron chi connectivity index (χ2n) is 7.50. The van der Waals surface area contributed by atoms with E-state index < -0.39 is 27.9 Å². The van der Waals surface area contributed by atoms with Gasteiger partial charge < -0.3 is 9.80 Å². The van der Waals surface area contributed by atoms with E-state index in [2.05, 4.69) is 4.98 Å². The number of alkyl halides is 3. The van der Waals surface area contributed by atoms with Crippen LogP contribution in [-0.2, 0) is 17.5 Å². The Balaban J connectivity index is 1.49. The highest BCUT2D eigenvalue weighted by Gasteiger charge is 2.34. The fourth-order valence-corrected chi connectivity index (χ4v) is 3.82. The molecular weight excluding hydrogens is 443 g/mol. The van der Waals surface area contributed by atoms with Crippen LogP contribution in [0, 0.1) is 10.1 Å². The van der Waals surface area contributed by atoms with Crippen LogP contribution in [0.5, 0.6) is 0 Å². The van der Waals surface area contributed by atoms with E-state index in [9.17, 15) is 32.9 Å². The molecule has 0 radical (unpaired) electrons. The standard InChI is InChI=1S/C21H18F3N5O4/c22-21(23,24)14-5-6-17(18(11-14)29(32)33)26-7-9-27(10-8-26)20(31)13-28-16-4-2-1-3-15(16)25-12-19(28)30/h1-6,11-12H,7-10,13H2. The predicted molar refractivity (Wildman–Crippen MR) is 113 cm³/mol. The third-order valence-corrected chi connectivity index (χ3v) is 5.52. The number of fused-ring (bicyclic) bond motifs is 1. The number of nitro benzene ring substituents is 1. The van der Waals surface area contributed by atoms with E-state index in [0.29, 0.717) is 17.1 Å². The summed E-state index contributed by atoms with van der Waals surface area (Å²) in [6.07, 6.45) is -3.54. The Bertz CT molecular complexity index is 1280. The lowest BCUT2D eigenvalue weighted by atomic mass is 10.1. The molecule has 0 atom stereocenters. The van der Waals surface area contributed by atoms with Gasteiger partial charge in [-0.1, -0.05) is 12.1 Å². The van der Waals surface area contributed by atoms with Crippen LogP contribution in [0.4, 0.5) is 24.5 Å². The molecule has 1 saturated heterocycles. The smallest absolute Gasteiger partial charge is 0.362 e. The highest BCUT2D eigenvalue weighted by atomic mass is 19.4. The van der Waals surface area contributed by atoms with Crippen molar-refractivity contribution in [3.63, 3.8) is 0 Å². The van der Waals surface area contributed by atoms with Gasteiger partial charge >= 0.3 is 6.18 Å². The lowest BCUT2D eigenvalue weighted by Crippen LogP contribution is -2.50. The maximum Gasteiger partial charge on any atom is 0.416 e. The molecule has 1 aliphatic rings. The molecule has 4 rings (SSSR count). The summed E-state index contributed by atoms with van der Waals surface area (Å²) in [7, 11) is 0. The van der Waals surface area contributed by atoms with E-state index in [4.69, 9.17) is 0 Å². The number of carbonyl (C=O) groups excluding carboxylic acids is 1. The van der Waals surface area contributed by atoms with Crippen molar-refractivity contribution in [1.29, 1.82) is 0 Å². The number of hydrogen-bond donors (Lipinski definition) is 0. The van der Waals surface area contributed by atoms with Crippen molar-refractivity contribution in [3.05, 3.63) is 74.7 Å². The molecule has 0 aliphatic carbocycles. The van der Waals surface area contributed by atoms with Crippen molar-refractivity contribution in [3.8, 4) is 0 Å². The monoisotopic (exact) mass is 461 g/mol. The van der Waals surface area contributed by atoms with Crippen molar-refractivity contribution in [2.24, 2.45) is 0 Å².